The van der Waals surface area contributed by atoms with Gasteiger partial charge in [0.2, 0.25) is 0 Å². The standard InChI is InChI=1S/C13H7BrClF3N2O/c14-10-2-1-7(5-9(10)13(16,17)18)20-12(21)8-3-4-19-6-11(8)15/h1-6H,(H,20,21). The van der Waals surface area contributed by atoms with Crippen molar-refractivity contribution >= 4 is 39.1 Å². The number of halogens is 5. The molecule has 0 spiro atoms. The Kier molecular flexibility index (Phi) is 4.53. The van der Waals surface area contributed by atoms with Gasteiger partial charge in [-0.3, -0.25) is 9.78 Å². The van der Waals surface area contributed by atoms with E-state index < -0.39 is 17.6 Å². The van der Waals surface area contributed by atoms with Gasteiger partial charge in [-0.1, -0.05) is 27.5 Å². The molecular weight excluding hydrogens is 373 g/mol. The molecule has 0 fully saturated rings. The fourth-order valence-corrected chi connectivity index (χ4v) is 2.25. The third-order valence-corrected chi connectivity index (χ3v) is 3.54. The number of rotatable bonds is 2. The monoisotopic (exact) mass is 378 g/mol. The van der Waals surface area contributed by atoms with E-state index in [1.807, 2.05) is 0 Å². The number of aromatic nitrogens is 1. The van der Waals surface area contributed by atoms with E-state index >= 15 is 0 Å². The van der Waals surface area contributed by atoms with Gasteiger partial charge < -0.3 is 5.32 Å². The molecule has 0 atom stereocenters. The Hall–Kier alpha value is -1.60. The second kappa shape index (κ2) is 6.03. The first kappa shape index (κ1) is 15.8. The highest BCUT2D eigenvalue weighted by molar-refractivity contribution is 9.10. The summed E-state index contributed by atoms with van der Waals surface area (Å²) < 4.78 is 38.2. The van der Waals surface area contributed by atoms with Crippen LogP contribution in [0.1, 0.15) is 15.9 Å². The Morgan fingerprint density at radius 1 is 1.29 bits per heavy atom. The van der Waals surface area contributed by atoms with E-state index in [1.165, 1.54) is 30.6 Å². The average molecular weight is 380 g/mol. The van der Waals surface area contributed by atoms with Crippen LogP contribution in [0.5, 0.6) is 0 Å². The second-order valence-electron chi connectivity index (χ2n) is 4.00. The van der Waals surface area contributed by atoms with Crippen LogP contribution in [0.4, 0.5) is 18.9 Å². The van der Waals surface area contributed by atoms with Gasteiger partial charge in [0.05, 0.1) is 16.1 Å². The van der Waals surface area contributed by atoms with Crippen LogP contribution in [0.25, 0.3) is 0 Å². The lowest BCUT2D eigenvalue weighted by Crippen LogP contribution is -2.14. The number of anilines is 1. The molecule has 21 heavy (non-hydrogen) atoms. The first-order chi connectivity index (χ1) is 9.79. The number of benzene rings is 1. The third-order valence-electron chi connectivity index (χ3n) is 2.55. The van der Waals surface area contributed by atoms with Gasteiger partial charge >= 0.3 is 6.18 Å². The fourth-order valence-electron chi connectivity index (χ4n) is 1.58. The summed E-state index contributed by atoms with van der Waals surface area (Å²) in [5, 5.41) is 2.48. The van der Waals surface area contributed by atoms with Crippen molar-refractivity contribution in [3.63, 3.8) is 0 Å². The summed E-state index contributed by atoms with van der Waals surface area (Å²) >= 11 is 8.63. The number of alkyl halides is 3. The SMILES string of the molecule is O=C(Nc1ccc(Br)c(C(F)(F)F)c1)c1ccncc1Cl. The van der Waals surface area contributed by atoms with Crippen molar-refractivity contribution in [3.05, 3.63) is 57.3 Å². The molecule has 3 nitrogen and oxygen atoms in total. The number of hydrogen-bond acceptors (Lipinski definition) is 2. The van der Waals surface area contributed by atoms with E-state index in [2.05, 4.69) is 26.2 Å². The summed E-state index contributed by atoms with van der Waals surface area (Å²) in [6.07, 6.45) is -1.88. The molecule has 1 aromatic heterocycles. The van der Waals surface area contributed by atoms with Crippen LogP contribution in [-0.2, 0) is 6.18 Å². The number of nitrogens with zero attached hydrogens (tertiary/aromatic N) is 1. The van der Waals surface area contributed by atoms with Gasteiger partial charge in [0, 0.05) is 22.6 Å². The Morgan fingerprint density at radius 2 is 2.00 bits per heavy atom. The van der Waals surface area contributed by atoms with E-state index in [4.69, 9.17) is 11.6 Å². The number of hydrogen-bond donors (Lipinski definition) is 1. The molecule has 2 rings (SSSR count). The van der Waals surface area contributed by atoms with Crippen molar-refractivity contribution in [3.8, 4) is 0 Å². The number of amides is 1. The van der Waals surface area contributed by atoms with Gasteiger partial charge in [-0.25, -0.2) is 0 Å². The lowest BCUT2D eigenvalue weighted by molar-refractivity contribution is -0.138. The maximum absolute atomic E-state index is 12.8. The van der Waals surface area contributed by atoms with Gasteiger partial charge in [0.25, 0.3) is 5.91 Å². The summed E-state index contributed by atoms with van der Waals surface area (Å²) in [5.74, 6) is -0.613. The van der Waals surface area contributed by atoms with Gasteiger partial charge in [-0.15, -0.1) is 0 Å². The second-order valence-corrected chi connectivity index (χ2v) is 5.26. The predicted octanol–water partition coefficient (Wildman–Crippen LogP) is 4.77. The summed E-state index contributed by atoms with van der Waals surface area (Å²) in [7, 11) is 0. The number of carbonyl (C=O) groups is 1. The first-order valence-corrected chi connectivity index (χ1v) is 6.74. The van der Waals surface area contributed by atoms with E-state index in [0.717, 1.165) is 6.07 Å². The smallest absolute Gasteiger partial charge is 0.322 e. The van der Waals surface area contributed by atoms with Crippen LogP contribution in [0.2, 0.25) is 5.02 Å². The van der Waals surface area contributed by atoms with Crippen molar-refractivity contribution in [2.45, 2.75) is 6.18 Å². The Balaban J connectivity index is 2.29. The fraction of sp³-hybridized carbons (Fsp3) is 0.0769. The molecule has 1 heterocycles. The Labute approximate surface area is 131 Å². The molecule has 1 aromatic carbocycles. The van der Waals surface area contributed by atoms with E-state index in [1.54, 1.807) is 0 Å². The first-order valence-electron chi connectivity index (χ1n) is 5.56. The van der Waals surface area contributed by atoms with E-state index in [-0.39, 0.29) is 20.7 Å². The molecule has 2 aromatic rings. The molecule has 0 bridgehead atoms. The number of carbonyl (C=O) groups excluding carboxylic acids is 1. The zero-order chi connectivity index (χ0) is 15.6. The number of pyridine rings is 1. The molecular formula is C13H7BrClF3N2O. The molecule has 1 amide bonds. The van der Waals surface area contributed by atoms with Gasteiger partial charge in [0.1, 0.15) is 0 Å². The average Bonchev–Trinajstić information content (AvgIpc) is 2.40. The summed E-state index contributed by atoms with van der Waals surface area (Å²) in [6.45, 7) is 0. The molecule has 0 unspecified atom stereocenters. The quantitative estimate of drug-likeness (QED) is 0.817. The zero-order valence-electron chi connectivity index (χ0n) is 10.2. The predicted molar refractivity (Wildman–Crippen MR) is 76.3 cm³/mol. The Bertz CT molecular complexity index is 691. The lowest BCUT2D eigenvalue weighted by atomic mass is 10.2. The molecule has 8 heteroatoms. The van der Waals surface area contributed by atoms with Crippen LogP contribution in [0.15, 0.2) is 41.1 Å². The molecule has 0 aliphatic heterocycles. The van der Waals surface area contributed by atoms with Crippen LogP contribution >= 0.6 is 27.5 Å². The maximum atomic E-state index is 12.8. The molecule has 0 saturated carbocycles. The summed E-state index contributed by atoms with van der Waals surface area (Å²) in [6, 6.07) is 4.79. The van der Waals surface area contributed by atoms with Crippen LogP contribution < -0.4 is 5.32 Å². The third kappa shape index (κ3) is 3.74. The topological polar surface area (TPSA) is 42.0 Å². The summed E-state index contributed by atoms with van der Waals surface area (Å²) in [4.78, 5) is 15.7. The normalized spacial score (nSPS) is 11.3. The van der Waals surface area contributed by atoms with Crippen molar-refractivity contribution in [2.24, 2.45) is 0 Å². The van der Waals surface area contributed by atoms with Crippen molar-refractivity contribution < 1.29 is 18.0 Å². The minimum Gasteiger partial charge on any atom is -0.322 e. The highest BCUT2D eigenvalue weighted by Gasteiger charge is 2.33. The summed E-state index contributed by atoms with van der Waals surface area (Å²) in [5.41, 5.74) is -0.729. The van der Waals surface area contributed by atoms with Gasteiger partial charge in [-0.05, 0) is 24.3 Å². The van der Waals surface area contributed by atoms with Crippen molar-refractivity contribution in [1.82, 2.24) is 4.98 Å². The lowest BCUT2D eigenvalue weighted by Gasteiger charge is -2.12. The van der Waals surface area contributed by atoms with Gasteiger partial charge in [-0.2, -0.15) is 13.2 Å². The zero-order valence-corrected chi connectivity index (χ0v) is 12.6. The molecule has 110 valence electrons. The van der Waals surface area contributed by atoms with Crippen molar-refractivity contribution in [2.75, 3.05) is 5.32 Å². The minimum atomic E-state index is -4.52. The highest BCUT2D eigenvalue weighted by atomic mass is 79.9. The molecule has 0 aliphatic carbocycles. The number of nitrogens with one attached hydrogen (secondary N) is 1. The Morgan fingerprint density at radius 3 is 2.62 bits per heavy atom. The van der Waals surface area contributed by atoms with Crippen LogP contribution in [0, 0.1) is 0 Å². The highest BCUT2D eigenvalue weighted by Crippen LogP contribution is 2.36. The van der Waals surface area contributed by atoms with Gasteiger partial charge in [0.15, 0.2) is 0 Å². The molecule has 1 N–H and O–H groups in total. The van der Waals surface area contributed by atoms with Crippen LogP contribution in [0.3, 0.4) is 0 Å². The largest absolute Gasteiger partial charge is 0.417 e. The van der Waals surface area contributed by atoms with Crippen LogP contribution in [-0.4, -0.2) is 10.9 Å². The molecule has 0 radical (unpaired) electrons. The van der Waals surface area contributed by atoms with E-state index in [9.17, 15) is 18.0 Å². The van der Waals surface area contributed by atoms with Crippen molar-refractivity contribution in [1.29, 1.82) is 0 Å². The molecule has 0 aliphatic rings. The van der Waals surface area contributed by atoms with E-state index in [0.29, 0.717) is 0 Å². The minimum absolute atomic E-state index is 0.0170. The maximum Gasteiger partial charge on any atom is 0.417 e. The molecule has 0 saturated heterocycles.